The standard InChI is InChI=1S/C21H22F2N2O2/c22-18-8-9-20(19(23)15-18)27-16-21(26)25-13-11-24(12-14-25)10-4-7-17-5-2-1-3-6-17/h1-9,15H,10-14,16H2/b7-4+. The molecule has 27 heavy (non-hydrogen) atoms. The average Bonchev–Trinajstić information content (AvgIpc) is 2.68. The predicted molar refractivity (Wildman–Crippen MR) is 100 cm³/mol. The second-order valence-corrected chi connectivity index (χ2v) is 6.36. The zero-order valence-electron chi connectivity index (χ0n) is 15.0. The third-order valence-electron chi connectivity index (χ3n) is 4.44. The molecule has 2 aromatic rings. The molecule has 6 heteroatoms. The minimum absolute atomic E-state index is 0.116. The Balaban J connectivity index is 1.40. The molecule has 1 aliphatic heterocycles. The fourth-order valence-electron chi connectivity index (χ4n) is 2.90. The van der Waals surface area contributed by atoms with Crippen molar-refractivity contribution in [2.24, 2.45) is 0 Å². The highest BCUT2D eigenvalue weighted by molar-refractivity contribution is 5.77. The van der Waals surface area contributed by atoms with E-state index in [2.05, 4.69) is 29.2 Å². The molecule has 0 spiro atoms. The second kappa shape index (κ2) is 9.28. The first-order valence-electron chi connectivity index (χ1n) is 8.91. The molecule has 0 saturated carbocycles. The van der Waals surface area contributed by atoms with Crippen LogP contribution in [0.25, 0.3) is 6.08 Å². The van der Waals surface area contributed by atoms with Gasteiger partial charge < -0.3 is 9.64 Å². The topological polar surface area (TPSA) is 32.8 Å². The minimum Gasteiger partial charge on any atom is -0.481 e. The molecule has 3 rings (SSSR count). The van der Waals surface area contributed by atoms with Crippen LogP contribution in [0.3, 0.4) is 0 Å². The van der Waals surface area contributed by atoms with Crippen LogP contribution >= 0.6 is 0 Å². The van der Waals surface area contributed by atoms with Gasteiger partial charge in [0.1, 0.15) is 5.82 Å². The van der Waals surface area contributed by atoms with Crippen LogP contribution in [0.2, 0.25) is 0 Å². The summed E-state index contributed by atoms with van der Waals surface area (Å²) in [5.74, 6) is -1.80. The third-order valence-corrected chi connectivity index (χ3v) is 4.44. The van der Waals surface area contributed by atoms with E-state index in [9.17, 15) is 13.6 Å². The van der Waals surface area contributed by atoms with Crippen molar-refractivity contribution in [3.05, 3.63) is 71.8 Å². The minimum atomic E-state index is -0.808. The first kappa shape index (κ1) is 19.0. The predicted octanol–water partition coefficient (Wildman–Crippen LogP) is 3.20. The van der Waals surface area contributed by atoms with Crippen molar-refractivity contribution >= 4 is 12.0 Å². The van der Waals surface area contributed by atoms with Gasteiger partial charge in [-0.1, -0.05) is 42.5 Å². The molecule has 0 radical (unpaired) electrons. The first-order valence-corrected chi connectivity index (χ1v) is 8.91. The number of piperazine rings is 1. The van der Waals surface area contributed by atoms with Gasteiger partial charge in [-0.3, -0.25) is 9.69 Å². The maximum absolute atomic E-state index is 13.5. The first-order chi connectivity index (χ1) is 13.1. The van der Waals surface area contributed by atoms with Crippen LogP contribution in [0.5, 0.6) is 5.75 Å². The van der Waals surface area contributed by atoms with Crippen molar-refractivity contribution in [2.45, 2.75) is 0 Å². The smallest absolute Gasteiger partial charge is 0.260 e. The number of hydrogen-bond acceptors (Lipinski definition) is 3. The molecule has 142 valence electrons. The van der Waals surface area contributed by atoms with E-state index < -0.39 is 11.6 Å². The average molecular weight is 372 g/mol. The maximum Gasteiger partial charge on any atom is 0.260 e. The number of carbonyl (C=O) groups excluding carboxylic acids is 1. The van der Waals surface area contributed by atoms with Crippen LogP contribution in [-0.4, -0.2) is 55.0 Å². The number of carbonyl (C=O) groups is 1. The quantitative estimate of drug-likeness (QED) is 0.781. The third kappa shape index (κ3) is 5.62. The Hall–Kier alpha value is -2.73. The molecule has 2 aromatic carbocycles. The number of hydrogen-bond donors (Lipinski definition) is 0. The molecule has 1 amide bonds. The maximum atomic E-state index is 13.5. The Kier molecular flexibility index (Phi) is 6.54. The summed E-state index contributed by atoms with van der Waals surface area (Å²) < 4.78 is 31.6. The van der Waals surface area contributed by atoms with E-state index in [4.69, 9.17) is 4.74 Å². The van der Waals surface area contributed by atoms with Gasteiger partial charge in [0.2, 0.25) is 0 Å². The van der Waals surface area contributed by atoms with Crippen molar-refractivity contribution in [3.8, 4) is 5.75 Å². The van der Waals surface area contributed by atoms with Crippen molar-refractivity contribution in [1.29, 1.82) is 0 Å². The molecule has 1 heterocycles. The highest BCUT2D eigenvalue weighted by Crippen LogP contribution is 2.17. The van der Waals surface area contributed by atoms with Gasteiger partial charge in [0.05, 0.1) is 0 Å². The fraction of sp³-hybridized carbons (Fsp3) is 0.286. The largest absolute Gasteiger partial charge is 0.481 e. The van der Waals surface area contributed by atoms with Crippen LogP contribution in [0.15, 0.2) is 54.6 Å². The van der Waals surface area contributed by atoms with Crippen LogP contribution in [0, 0.1) is 11.6 Å². The van der Waals surface area contributed by atoms with Crippen LogP contribution in [-0.2, 0) is 4.79 Å². The van der Waals surface area contributed by atoms with E-state index in [1.807, 2.05) is 18.2 Å². The lowest BCUT2D eigenvalue weighted by molar-refractivity contribution is -0.135. The summed E-state index contributed by atoms with van der Waals surface area (Å²) in [6.45, 7) is 3.33. The van der Waals surface area contributed by atoms with Gasteiger partial charge in [0, 0.05) is 38.8 Å². The Morgan fingerprint density at radius 1 is 1.04 bits per heavy atom. The zero-order valence-corrected chi connectivity index (χ0v) is 15.0. The summed E-state index contributed by atoms with van der Waals surface area (Å²) in [6.07, 6.45) is 4.20. The number of benzene rings is 2. The summed E-state index contributed by atoms with van der Waals surface area (Å²) in [7, 11) is 0. The normalized spacial score (nSPS) is 15.3. The summed E-state index contributed by atoms with van der Waals surface area (Å²) in [5, 5.41) is 0. The SMILES string of the molecule is O=C(COc1ccc(F)cc1F)N1CCN(C/C=C/c2ccccc2)CC1. The number of rotatable bonds is 6. The van der Waals surface area contributed by atoms with Gasteiger partial charge in [-0.15, -0.1) is 0 Å². The van der Waals surface area contributed by atoms with Gasteiger partial charge in [0.15, 0.2) is 18.2 Å². The Bertz CT molecular complexity index is 788. The van der Waals surface area contributed by atoms with Crippen LogP contribution in [0.1, 0.15) is 5.56 Å². The van der Waals surface area contributed by atoms with E-state index >= 15 is 0 Å². The van der Waals surface area contributed by atoms with E-state index in [1.54, 1.807) is 4.90 Å². The van der Waals surface area contributed by atoms with Gasteiger partial charge in [-0.25, -0.2) is 8.78 Å². The van der Waals surface area contributed by atoms with Crippen molar-refractivity contribution in [1.82, 2.24) is 9.80 Å². The Labute approximate surface area is 157 Å². The van der Waals surface area contributed by atoms with Gasteiger partial charge in [-0.05, 0) is 17.7 Å². The van der Waals surface area contributed by atoms with E-state index in [0.29, 0.717) is 13.1 Å². The van der Waals surface area contributed by atoms with E-state index in [1.165, 1.54) is 6.07 Å². The molecule has 0 aromatic heterocycles. The molecule has 0 unspecified atom stereocenters. The molecule has 0 N–H and O–H groups in total. The fourth-order valence-corrected chi connectivity index (χ4v) is 2.90. The lowest BCUT2D eigenvalue weighted by Crippen LogP contribution is -2.49. The van der Waals surface area contributed by atoms with Gasteiger partial charge in [0.25, 0.3) is 5.91 Å². The molecular weight excluding hydrogens is 350 g/mol. The molecule has 0 atom stereocenters. The highest BCUT2D eigenvalue weighted by Gasteiger charge is 2.21. The molecular formula is C21H22F2N2O2. The molecule has 1 fully saturated rings. The lowest BCUT2D eigenvalue weighted by atomic mass is 10.2. The number of halogens is 2. The molecule has 0 aliphatic carbocycles. The van der Waals surface area contributed by atoms with E-state index in [-0.39, 0.29) is 18.3 Å². The zero-order chi connectivity index (χ0) is 19.1. The Morgan fingerprint density at radius 3 is 2.48 bits per heavy atom. The summed E-state index contributed by atoms with van der Waals surface area (Å²) >= 11 is 0. The van der Waals surface area contributed by atoms with Crippen LogP contribution < -0.4 is 4.74 Å². The van der Waals surface area contributed by atoms with Crippen molar-refractivity contribution in [2.75, 3.05) is 39.3 Å². The number of nitrogens with zero attached hydrogens (tertiary/aromatic N) is 2. The number of ether oxygens (including phenoxy) is 1. The monoisotopic (exact) mass is 372 g/mol. The Morgan fingerprint density at radius 2 is 1.78 bits per heavy atom. The highest BCUT2D eigenvalue weighted by atomic mass is 19.1. The van der Waals surface area contributed by atoms with Gasteiger partial charge in [-0.2, -0.15) is 0 Å². The second-order valence-electron chi connectivity index (χ2n) is 6.36. The van der Waals surface area contributed by atoms with E-state index in [0.717, 1.165) is 37.3 Å². The molecule has 1 aliphatic rings. The van der Waals surface area contributed by atoms with Crippen LogP contribution in [0.4, 0.5) is 8.78 Å². The van der Waals surface area contributed by atoms with Crippen molar-refractivity contribution < 1.29 is 18.3 Å². The molecule has 0 bridgehead atoms. The van der Waals surface area contributed by atoms with Crippen molar-refractivity contribution in [3.63, 3.8) is 0 Å². The molecule has 1 saturated heterocycles. The lowest BCUT2D eigenvalue weighted by Gasteiger charge is -2.34. The van der Waals surface area contributed by atoms with Gasteiger partial charge >= 0.3 is 0 Å². The summed E-state index contributed by atoms with van der Waals surface area (Å²) in [4.78, 5) is 16.2. The molecule has 4 nitrogen and oxygen atoms in total. The summed E-state index contributed by atoms with van der Waals surface area (Å²) in [6, 6.07) is 13.1. The number of amides is 1. The summed E-state index contributed by atoms with van der Waals surface area (Å²) in [5.41, 5.74) is 1.16.